The molecule has 2 N–H and O–H groups in total. The summed E-state index contributed by atoms with van der Waals surface area (Å²) in [6, 6.07) is 10.6. The summed E-state index contributed by atoms with van der Waals surface area (Å²) in [6.45, 7) is 2.17. The number of thiophene rings is 1. The Labute approximate surface area is 106 Å². The number of rotatable bonds is 2. The Kier molecular flexibility index (Phi) is 2.77. The maximum Gasteiger partial charge on any atom is 0.0522 e. The van der Waals surface area contributed by atoms with Crippen LogP contribution in [0.15, 0.2) is 35.7 Å². The summed E-state index contributed by atoms with van der Waals surface area (Å²) in [5, 5.41) is 2.14. The maximum atomic E-state index is 5.85. The van der Waals surface area contributed by atoms with Gasteiger partial charge in [0.15, 0.2) is 0 Å². The molecule has 0 radical (unpaired) electrons. The zero-order valence-electron chi connectivity index (χ0n) is 9.73. The summed E-state index contributed by atoms with van der Waals surface area (Å²) in [7, 11) is 0. The minimum absolute atomic E-state index is 0.877. The Morgan fingerprint density at radius 1 is 1.29 bits per heavy atom. The molecule has 1 aromatic carbocycles. The Balaban J connectivity index is 1.89. The second kappa shape index (κ2) is 4.41. The van der Waals surface area contributed by atoms with Crippen LogP contribution in [0.1, 0.15) is 16.9 Å². The average Bonchev–Trinajstić information content (AvgIpc) is 2.82. The van der Waals surface area contributed by atoms with Crippen LogP contribution in [0.5, 0.6) is 0 Å². The molecule has 2 aromatic rings. The number of benzene rings is 1. The first kappa shape index (κ1) is 10.7. The summed E-state index contributed by atoms with van der Waals surface area (Å²) in [5.74, 6) is 0. The van der Waals surface area contributed by atoms with Crippen molar-refractivity contribution in [2.75, 3.05) is 17.2 Å². The van der Waals surface area contributed by atoms with Gasteiger partial charge in [-0.1, -0.05) is 6.07 Å². The van der Waals surface area contributed by atoms with E-state index in [9.17, 15) is 0 Å². The summed E-state index contributed by atoms with van der Waals surface area (Å²) in [4.78, 5) is 3.89. The van der Waals surface area contributed by atoms with Crippen LogP contribution in [0.2, 0.25) is 0 Å². The number of hydrogen-bond acceptors (Lipinski definition) is 3. The molecule has 0 spiro atoms. The van der Waals surface area contributed by atoms with Gasteiger partial charge in [-0.05, 0) is 48.1 Å². The topological polar surface area (TPSA) is 29.3 Å². The van der Waals surface area contributed by atoms with Crippen LogP contribution >= 0.6 is 11.3 Å². The second-order valence-corrected chi connectivity index (χ2v) is 5.52. The van der Waals surface area contributed by atoms with Gasteiger partial charge in [-0.15, -0.1) is 11.3 Å². The van der Waals surface area contributed by atoms with E-state index in [0.717, 1.165) is 25.2 Å². The molecule has 88 valence electrons. The molecule has 2 nitrogen and oxygen atoms in total. The molecule has 0 bridgehead atoms. The quantitative estimate of drug-likeness (QED) is 0.821. The van der Waals surface area contributed by atoms with Crippen molar-refractivity contribution in [2.45, 2.75) is 19.4 Å². The molecular weight excluding hydrogens is 228 g/mol. The average molecular weight is 244 g/mol. The third-order valence-electron chi connectivity index (χ3n) is 3.25. The van der Waals surface area contributed by atoms with Crippen LogP contribution in [0.4, 0.5) is 11.4 Å². The standard InChI is InChI=1S/C14H16N2S/c15-12-5-6-14-11(9-12)3-1-7-16(14)10-13-4-2-8-17-13/h2,4-6,8-9H,1,3,7,10,15H2. The molecule has 1 aliphatic heterocycles. The highest BCUT2D eigenvalue weighted by molar-refractivity contribution is 7.09. The van der Waals surface area contributed by atoms with Gasteiger partial charge in [0.05, 0.1) is 6.54 Å². The van der Waals surface area contributed by atoms with Gasteiger partial charge in [-0.3, -0.25) is 0 Å². The Morgan fingerprint density at radius 3 is 3.06 bits per heavy atom. The van der Waals surface area contributed by atoms with Crippen molar-refractivity contribution >= 4 is 22.7 Å². The molecule has 1 aromatic heterocycles. The molecular formula is C14H16N2S. The van der Waals surface area contributed by atoms with E-state index in [0.29, 0.717) is 0 Å². The summed E-state index contributed by atoms with van der Waals surface area (Å²) >= 11 is 1.83. The van der Waals surface area contributed by atoms with Crippen molar-refractivity contribution < 1.29 is 0 Å². The minimum Gasteiger partial charge on any atom is -0.399 e. The summed E-state index contributed by atoms with van der Waals surface area (Å²) in [6.07, 6.45) is 2.38. The molecule has 0 atom stereocenters. The van der Waals surface area contributed by atoms with E-state index < -0.39 is 0 Å². The van der Waals surface area contributed by atoms with E-state index >= 15 is 0 Å². The van der Waals surface area contributed by atoms with Gasteiger partial charge < -0.3 is 10.6 Å². The fourth-order valence-electron chi connectivity index (χ4n) is 2.45. The normalized spacial score (nSPS) is 14.7. The lowest BCUT2D eigenvalue weighted by atomic mass is 10.0. The molecule has 17 heavy (non-hydrogen) atoms. The predicted octanol–water partition coefficient (Wildman–Crippen LogP) is 3.28. The zero-order chi connectivity index (χ0) is 11.7. The van der Waals surface area contributed by atoms with Crippen molar-refractivity contribution in [1.29, 1.82) is 0 Å². The molecule has 0 saturated heterocycles. The van der Waals surface area contributed by atoms with Crippen LogP contribution < -0.4 is 10.6 Å². The number of aryl methyl sites for hydroxylation is 1. The van der Waals surface area contributed by atoms with E-state index in [2.05, 4.69) is 34.5 Å². The molecule has 0 unspecified atom stereocenters. The van der Waals surface area contributed by atoms with E-state index in [1.807, 2.05) is 17.4 Å². The number of hydrogen-bond donors (Lipinski definition) is 1. The van der Waals surface area contributed by atoms with Gasteiger partial charge >= 0.3 is 0 Å². The lowest BCUT2D eigenvalue weighted by molar-refractivity contribution is 0.695. The van der Waals surface area contributed by atoms with Crippen molar-refractivity contribution in [3.8, 4) is 0 Å². The van der Waals surface area contributed by atoms with Gasteiger partial charge in [0, 0.05) is 22.8 Å². The first-order chi connectivity index (χ1) is 8.33. The molecule has 2 heterocycles. The van der Waals surface area contributed by atoms with Crippen molar-refractivity contribution in [3.63, 3.8) is 0 Å². The van der Waals surface area contributed by atoms with Gasteiger partial charge in [-0.25, -0.2) is 0 Å². The number of nitrogen functional groups attached to an aromatic ring is 1. The highest BCUT2D eigenvalue weighted by Gasteiger charge is 2.17. The van der Waals surface area contributed by atoms with Gasteiger partial charge in [0.25, 0.3) is 0 Å². The zero-order valence-corrected chi connectivity index (χ0v) is 10.5. The smallest absolute Gasteiger partial charge is 0.0522 e. The fourth-order valence-corrected chi connectivity index (χ4v) is 3.17. The Morgan fingerprint density at radius 2 is 2.24 bits per heavy atom. The third kappa shape index (κ3) is 2.15. The minimum atomic E-state index is 0.877. The van der Waals surface area contributed by atoms with E-state index in [-0.39, 0.29) is 0 Å². The van der Waals surface area contributed by atoms with Gasteiger partial charge in [0.2, 0.25) is 0 Å². The van der Waals surface area contributed by atoms with Gasteiger partial charge in [-0.2, -0.15) is 0 Å². The number of fused-ring (bicyclic) bond motifs is 1. The first-order valence-corrected chi connectivity index (χ1v) is 6.86. The molecule has 3 heteroatoms. The highest BCUT2D eigenvalue weighted by Crippen LogP contribution is 2.30. The Hall–Kier alpha value is -1.48. The first-order valence-electron chi connectivity index (χ1n) is 5.99. The maximum absolute atomic E-state index is 5.85. The van der Waals surface area contributed by atoms with Crippen molar-refractivity contribution in [2.24, 2.45) is 0 Å². The molecule has 1 aliphatic rings. The van der Waals surface area contributed by atoms with Crippen LogP contribution in [0.25, 0.3) is 0 Å². The lowest BCUT2D eigenvalue weighted by Gasteiger charge is -2.31. The second-order valence-electron chi connectivity index (χ2n) is 4.49. The van der Waals surface area contributed by atoms with E-state index in [1.165, 1.54) is 22.5 Å². The molecule has 0 fully saturated rings. The van der Waals surface area contributed by atoms with Crippen molar-refractivity contribution in [3.05, 3.63) is 46.2 Å². The van der Waals surface area contributed by atoms with Crippen LogP contribution in [0.3, 0.4) is 0 Å². The van der Waals surface area contributed by atoms with Crippen LogP contribution in [-0.4, -0.2) is 6.54 Å². The summed E-state index contributed by atoms with van der Waals surface area (Å²) in [5.41, 5.74) is 9.48. The largest absolute Gasteiger partial charge is 0.399 e. The fraction of sp³-hybridized carbons (Fsp3) is 0.286. The SMILES string of the molecule is Nc1ccc2c(c1)CCCN2Cc1cccs1. The summed E-state index contributed by atoms with van der Waals surface area (Å²) < 4.78 is 0. The molecule has 3 rings (SSSR count). The van der Waals surface area contributed by atoms with E-state index in [4.69, 9.17) is 5.73 Å². The predicted molar refractivity (Wildman–Crippen MR) is 74.5 cm³/mol. The Bertz CT molecular complexity index is 505. The van der Waals surface area contributed by atoms with Gasteiger partial charge in [0.1, 0.15) is 0 Å². The highest BCUT2D eigenvalue weighted by atomic mass is 32.1. The number of anilines is 2. The lowest BCUT2D eigenvalue weighted by Crippen LogP contribution is -2.28. The third-order valence-corrected chi connectivity index (χ3v) is 4.11. The monoisotopic (exact) mass is 244 g/mol. The number of nitrogens with two attached hydrogens (primary N) is 1. The molecule has 0 aliphatic carbocycles. The van der Waals surface area contributed by atoms with Crippen LogP contribution in [0, 0.1) is 0 Å². The number of nitrogens with zero attached hydrogens (tertiary/aromatic N) is 1. The van der Waals surface area contributed by atoms with E-state index in [1.54, 1.807) is 0 Å². The van der Waals surface area contributed by atoms with Crippen LogP contribution in [-0.2, 0) is 13.0 Å². The van der Waals surface area contributed by atoms with Crippen molar-refractivity contribution in [1.82, 2.24) is 0 Å². The molecule has 0 amide bonds. The molecule has 0 saturated carbocycles.